The van der Waals surface area contributed by atoms with Crippen LogP contribution >= 0.6 is 0 Å². The molecule has 1 heterocycles. The Morgan fingerprint density at radius 3 is 2.62 bits per heavy atom. The van der Waals surface area contributed by atoms with Crippen molar-refractivity contribution in [2.75, 3.05) is 0 Å². The summed E-state index contributed by atoms with van der Waals surface area (Å²) in [6, 6.07) is 9.26. The molecule has 2 N–H and O–H groups in total. The molecule has 0 fully saturated rings. The van der Waals surface area contributed by atoms with Crippen LogP contribution in [0.3, 0.4) is 0 Å². The number of aliphatic hydroxyl groups is 1. The maximum atomic E-state index is 12.1. The van der Waals surface area contributed by atoms with Crippen molar-refractivity contribution in [2.24, 2.45) is 0 Å². The van der Waals surface area contributed by atoms with Crippen molar-refractivity contribution in [1.82, 2.24) is 14.9 Å². The number of benzene rings is 1. The highest BCUT2D eigenvalue weighted by Crippen LogP contribution is 2.11. The van der Waals surface area contributed by atoms with Crippen molar-refractivity contribution in [1.29, 1.82) is 0 Å². The van der Waals surface area contributed by atoms with Gasteiger partial charge >= 0.3 is 6.09 Å². The molecule has 0 aliphatic heterocycles. The lowest BCUT2D eigenvalue weighted by atomic mass is 10.0. The van der Waals surface area contributed by atoms with Crippen molar-refractivity contribution in [3.63, 3.8) is 0 Å². The van der Waals surface area contributed by atoms with E-state index in [1.165, 1.54) is 0 Å². The van der Waals surface area contributed by atoms with Gasteiger partial charge in [-0.1, -0.05) is 30.3 Å². The SMILES string of the molecule is CC(C)(C)OC(=O)N[C@H](Cc1ccccc1)[C@@H](O)Cn1ccnc1. The fourth-order valence-corrected chi connectivity index (χ4v) is 2.35. The van der Waals surface area contributed by atoms with Gasteiger partial charge in [0.15, 0.2) is 0 Å². The topological polar surface area (TPSA) is 76.4 Å². The number of amides is 1. The van der Waals surface area contributed by atoms with Gasteiger partial charge in [0, 0.05) is 12.4 Å². The summed E-state index contributed by atoms with van der Waals surface area (Å²) >= 11 is 0. The van der Waals surface area contributed by atoms with Crippen LogP contribution in [0.1, 0.15) is 26.3 Å². The molecule has 6 nitrogen and oxygen atoms in total. The normalized spacial score (nSPS) is 14.0. The van der Waals surface area contributed by atoms with Crippen molar-refractivity contribution < 1.29 is 14.6 Å². The van der Waals surface area contributed by atoms with Gasteiger partial charge in [-0.3, -0.25) is 0 Å². The minimum atomic E-state index is -0.771. The number of rotatable bonds is 6. The Morgan fingerprint density at radius 1 is 1.33 bits per heavy atom. The lowest BCUT2D eigenvalue weighted by molar-refractivity contribution is 0.0403. The van der Waals surface area contributed by atoms with E-state index in [9.17, 15) is 9.90 Å². The van der Waals surface area contributed by atoms with Gasteiger partial charge < -0.3 is 19.7 Å². The molecule has 2 atom stereocenters. The van der Waals surface area contributed by atoms with Crippen molar-refractivity contribution in [3.05, 3.63) is 54.6 Å². The fourth-order valence-electron chi connectivity index (χ4n) is 2.35. The molecule has 0 bridgehead atoms. The van der Waals surface area contributed by atoms with Gasteiger partial charge in [-0.05, 0) is 32.8 Å². The molecule has 1 aromatic carbocycles. The van der Waals surface area contributed by atoms with Gasteiger partial charge in [-0.25, -0.2) is 9.78 Å². The number of aliphatic hydroxyl groups excluding tert-OH is 1. The molecule has 1 amide bonds. The average molecular weight is 331 g/mol. The summed E-state index contributed by atoms with van der Waals surface area (Å²) in [6.07, 6.45) is 4.27. The van der Waals surface area contributed by atoms with E-state index in [-0.39, 0.29) is 0 Å². The summed E-state index contributed by atoms with van der Waals surface area (Å²) in [5.41, 5.74) is 0.444. The molecule has 0 spiro atoms. The Hall–Kier alpha value is -2.34. The lowest BCUT2D eigenvalue weighted by Gasteiger charge is -2.27. The molecule has 0 saturated heterocycles. The zero-order valence-electron chi connectivity index (χ0n) is 14.3. The summed E-state index contributed by atoms with van der Waals surface area (Å²) in [4.78, 5) is 16.1. The van der Waals surface area contributed by atoms with Gasteiger partial charge in [-0.2, -0.15) is 0 Å². The Bertz CT molecular complexity index is 621. The molecular weight excluding hydrogens is 306 g/mol. The third-order valence-electron chi connectivity index (χ3n) is 3.42. The second kappa shape index (κ2) is 7.97. The molecule has 6 heteroatoms. The number of hydrogen-bond acceptors (Lipinski definition) is 4. The van der Waals surface area contributed by atoms with Gasteiger partial charge in [-0.15, -0.1) is 0 Å². The molecule has 0 unspecified atom stereocenters. The van der Waals surface area contributed by atoms with E-state index in [1.54, 1.807) is 44.1 Å². The molecule has 24 heavy (non-hydrogen) atoms. The molecule has 0 radical (unpaired) electrons. The average Bonchev–Trinajstić information content (AvgIpc) is 2.98. The highest BCUT2D eigenvalue weighted by atomic mass is 16.6. The Labute approximate surface area is 142 Å². The summed E-state index contributed by atoms with van der Waals surface area (Å²) in [6.45, 7) is 5.76. The second-order valence-corrected chi connectivity index (χ2v) is 6.77. The van der Waals surface area contributed by atoms with Crippen LogP contribution in [0.2, 0.25) is 0 Å². The zero-order valence-corrected chi connectivity index (χ0v) is 14.3. The van der Waals surface area contributed by atoms with Gasteiger partial charge in [0.25, 0.3) is 0 Å². The van der Waals surface area contributed by atoms with E-state index in [1.807, 2.05) is 30.3 Å². The van der Waals surface area contributed by atoms with E-state index in [0.717, 1.165) is 5.56 Å². The molecular formula is C18H25N3O3. The maximum absolute atomic E-state index is 12.1. The largest absolute Gasteiger partial charge is 0.444 e. The minimum Gasteiger partial charge on any atom is -0.444 e. The Kier molecular flexibility index (Phi) is 5.98. The molecule has 2 aromatic rings. The lowest BCUT2D eigenvalue weighted by Crippen LogP contribution is -2.48. The highest BCUT2D eigenvalue weighted by molar-refractivity contribution is 5.68. The van der Waals surface area contributed by atoms with E-state index >= 15 is 0 Å². The number of alkyl carbamates (subject to hydrolysis) is 1. The highest BCUT2D eigenvalue weighted by Gasteiger charge is 2.25. The molecule has 0 aliphatic rings. The maximum Gasteiger partial charge on any atom is 0.407 e. The molecule has 2 rings (SSSR count). The molecule has 0 saturated carbocycles. The predicted octanol–water partition coefficient (Wildman–Crippen LogP) is 2.38. The van der Waals surface area contributed by atoms with Gasteiger partial charge in [0.1, 0.15) is 5.60 Å². The van der Waals surface area contributed by atoms with Crippen LogP contribution in [0.5, 0.6) is 0 Å². The number of nitrogens with one attached hydrogen (secondary N) is 1. The first-order valence-electron chi connectivity index (χ1n) is 8.01. The number of imidazole rings is 1. The third kappa shape index (κ3) is 6.04. The summed E-state index contributed by atoms with van der Waals surface area (Å²) in [7, 11) is 0. The van der Waals surface area contributed by atoms with E-state index < -0.39 is 23.8 Å². The Balaban J connectivity index is 2.06. The number of ether oxygens (including phenoxy) is 1. The van der Waals surface area contributed by atoms with Crippen molar-refractivity contribution >= 4 is 6.09 Å². The standard InChI is InChI=1S/C18H25N3O3/c1-18(2,3)24-17(23)20-15(11-14-7-5-4-6-8-14)16(22)12-21-10-9-19-13-21/h4-10,13,15-16,22H,11-12H2,1-3H3,(H,20,23)/t15-,16+/m1/s1. The van der Waals surface area contributed by atoms with Crippen molar-refractivity contribution in [3.8, 4) is 0 Å². The van der Waals surface area contributed by atoms with Gasteiger partial charge in [0.2, 0.25) is 0 Å². The number of hydrogen-bond donors (Lipinski definition) is 2. The van der Waals surface area contributed by atoms with Crippen LogP contribution in [0.4, 0.5) is 4.79 Å². The quantitative estimate of drug-likeness (QED) is 0.852. The van der Waals surface area contributed by atoms with Crippen LogP contribution in [-0.2, 0) is 17.7 Å². The first-order chi connectivity index (χ1) is 11.3. The van der Waals surface area contributed by atoms with Crippen LogP contribution in [0, 0.1) is 0 Å². The first kappa shape index (κ1) is 18.0. The van der Waals surface area contributed by atoms with Crippen molar-refractivity contribution in [2.45, 2.75) is 51.5 Å². The first-order valence-corrected chi connectivity index (χ1v) is 8.01. The van der Waals surface area contributed by atoms with Crippen LogP contribution in [-0.4, -0.2) is 38.5 Å². The third-order valence-corrected chi connectivity index (χ3v) is 3.42. The van der Waals surface area contributed by atoms with E-state index in [2.05, 4.69) is 10.3 Å². The van der Waals surface area contributed by atoms with Crippen LogP contribution in [0.25, 0.3) is 0 Å². The van der Waals surface area contributed by atoms with Crippen LogP contribution in [0.15, 0.2) is 49.1 Å². The van der Waals surface area contributed by atoms with E-state index in [0.29, 0.717) is 13.0 Å². The fraction of sp³-hybridized carbons (Fsp3) is 0.444. The van der Waals surface area contributed by atoms with E-state index in [4.69, 9.17) is 4.74 Å². The molecule has 1 aromatic heterocycles. The number of carbonyl (C=O) groups is 1. The molecule has 130 valence electrons. The summed E-state index contributed by atoms with van der Waals surface area (Å²) in [5, 5.41) is 13.4. The summed E-state index contributed by atoms with van der Waals surface area (Å²) < 4.78 is 7.09. The molecule has 0 aliphatic carbocycles. The monoisotopic (exact) mass is 331 g/mol. The zero-order chi connectivity index (χ0) is 17.6. The smallest absolute Gasteiger partial charge is 0.407 e. The minimum absolute atomic E-state index is 0.341. The second-order valence-electron chi connectivity index (χ2n) is 6.77. The number of nitrogens with zero attached hydrogens (tertiary/aromatic N) is 2. The number of aromatic nitrogens is 2. The van der Waals surface area contributed by atoms with Crippen LogP contribution < -0.4 is 5.32 Å². The van der Waals surface area contributed by atoms with Gasteiger partial charge in [0.05, 0.1) is 25.0 Å². The Morgan fingerprint density at radius 2 is 2.04 bits per heavy atom. The summed E-state index contributed by atoms with van der Waals surface area (Å²) in [5.74, 6) is 0. The predicted molar refractivity (Wildman–Crippen MR) is 91.5 cm³/mol. The number of carbonyl (C=O) groups excluding carboxylic acids is 1.